The number of imide groups is 1. The van der Waals surface area contributed by atoms with E-state index < -0.39 is 22.7 Å². The third-order valence-corrected chi connectivity index (χ3v) is 8.71. The molecule has 2 heterocycles. The van der Waals surface area contributed by atoms with Gasteiger partial charge in [-0.15, -0.1) is 11.3 Å². The molecule has 1 saturated heterocycles. The first-order valence-corrected chi connectivity index (χ1v) is 12.4. The van der Waals surface area contributed by atoms with Crippen LogP contribution in [0.2, 0.25) is 0 Å². The van der Waals surface area contributed by atoms with Crippen molar-refractivity contribution in [3.8, 4) is 11.1 Å². The van der Waals surface area contributed by atoms with Crippen LogP contribution in [-0.4, -0.2) is 41.7 Å². The van der Waals surface area contributed by atoms with Crippen LogP contribution in [-0.2, 0) is 19.1 Å². The van der Waals surface area contributed by atoms with E-state index >= 15 is 0 Å². The Morgan fingerprint density at radius 2 is 1.85 bits per heavy atom. The molecule has 2 bridgehead atoms. The summed E-state index contributed by atoms with van der Waals surface area (Å²) in [6.07, 6.45) is 1.27. The number of hydrogen-bond acceptors (Lipinski definition) is 6. The molecule has 1 N–H and O–H groups in total. The molecule has 0 spiro atoms. The molecule has 2 aromatic rings. The van der Waals surface area contributed by atoms with E-state index in [0.29, 0.717) is 23.4 Å². The van der Waals surface area contributed by atoms with Gasteiger partial charge in [0.15, 0.2) is 0 Å². The highest BCUT2D eigenvalue weighted by Gasteiger charge is 2.64. The maximum absolute atomic E-state index is 13.3. The predicted molar refractivity (Wildman–Crippen MR) is 130 cm³/mol. The maximum atomic E-state index is 13.3. The first-order chi connectivity index (χ1) is 16.0. The molecule has 2 fully saturated rings. The molecular weight excluding hydrogens is 452 g/mol. The van der Waals surface area contributed by atoms with Gasteiger partial charge in [0.25, 0.3) is 0 Å². The normalized spacial score (nSPS) is 23.2. The average Bonchev–Trinajstić information content (AvgIpc) is 3.21. The Bertz CT molecular complexity index is 1170. The number of carbonyl (C=O) groups is 4. The minimum atomic E-state index is -0.679. The summed E-state index contributed by atoms with van der Waals surface area (Å²) < 4.78 is 5.28. The number of hydrogen-bond donors (Lipinski definition) is 1. The fourth-order valence-electron chi connectivity index (χ4n) is 5.34. The van der Waals surface area contributed by atoms with Gasteiger partial charge in [-0.2, -0.15) is 0 Å². The minimum absolute atomic E-state index is 0.196. The van der Waals surface area contributed by atoms with E-state index in [9.17, 15) is 19.2 Å². The van der Waals surface area contributed by atoms with Crippen molar-refractivity contribution >= 4 is 40.0 Å². The van der Waals surface area contributed by atoms with Crippen molar-refractivity contribution in [2.75, 3.05) is 18.5 Å². The van der Waals surface area contributed by atoms with Gasteiger partial charge in [0.1, 0.15) is 17.1 Å². The van der Waals surface area contributed by atoms with Crippen LogP contribution in [0.25, 0.3) is 11.1 Å². The van der Waals surface area contributed by atoms with Crippen LogP contribution in [0.5, 0.6) is 0 Å². The molecule has 2 atom stereocenters. The molecule has 180 valence electrons. The number of ether oxygens (including phenoxy) is 1. The maximum Gasteiger partial charge on any atom is 0.341 e. The number of anilines is 1. The van der Waals surface area contributed by atoms with Gasteiger partial charge in [-0.05, 0) is 37.7 Å². The van der Waals surface area contributed by atoms with E-state index in [-0.39, 0.29) is 36.4 Å². The highest BCUT2D eigenvalue weighted by Crippen LogP contribution is 2.60. The summed E-state index contributed by atoms with van der Waals surface area (Å²) in [7, 11) is 0. The van der Waals surface area contributed by atoms with Gasteiger partial charge in [-0.25, -0.2) is 4.79 Å². The first-order valence-electron chi connectivity index (χ1n) is 11.5. The molecular formula is C26H30N2O5S. The zero-order valence-electron chi connectivity index (χ0n) is 20.2. The standard InChI is InChI=1S/C26H30N2O5S/c1-6-33-23(31)20-19(16-10-8-7-9-11-16)15(2)34-21(20)27-18(29)14-28-22(30)17-12-13-26(5,24(28)32)25(17,3)4/h7-11,17H,6,12-14H2,1-5H3,(H,27,29). The van der Waals surface area contributed by atoms with Crippen LogP contribution < -0.4 is 5.32 Å². The van der Waals surface area contributed by atoms with Gasteiger partial charge in [0.05, 0.1) is 12.0 Å². The lowest BCUT2D eigenvalue weighted by Gasteiger charge is -2.47. The molecule has 8 heteroatoms. The number of amides is 3. The van der Waals surface area contributed by atoms with Gasteiger partial charge in [0.2, 0.25) is 17.7 Å². The lowest BCUT2D eigenvalue weighted by molar-refractivity contribution is -0.168. The van der Waals surface area contributed by atoms with Crippen molar-refractivity contribution in [2.24, 2.45) is 16.7 Å². The molecule has 2 aliphatic rings. The summed E-state index contributed by atoms with van der Waals surface area (Å²) in [4.78, 5) is 54.2. The molecule has 34 heavy (non-hydrogen) atoms. The number of nitrogens with zero attached hydrogens (tertiary/aromatic N) is 1. The number of thiophene rings is 1. The molecule has 1 aromatic heterocycles. The lowest BCUT2D eigenvalue weighted by Crippen LogP contribution is -2.60. The van der Waals surface area contributed by atoms with Gasteiger partial charge >= 0.3 is 5.97 Å². The second-order valence-corrected chi connectivity index (χ2v) is 11.0. The zero-order valence-corrected chi connectivity index (χ0v) is 21.0. The molecule has 1 aliphatic heterocycles. The van der Waals surface area contributed by atoms with Crippen molar-refractivity contribution < 1.29 is 23.9 Å². The largest absolute Gasteiger partial charge is 0.462 e. The number of benzene rings is 1. The Kier molecular flexibility index (Phi) is 6.14. The first kappa shape index (κ1) is 24.1. The number of nitrogens with one attached hydrogen (secondary N) is 1. The lowest BCUT2D eigenvalue weighted by atomic mass is 9.62. The summed E-state index contributed by atoms with van der Waals surface area (Å²) >= 11 is 1.27. The third kappa shape index (κ3) is 3.64. The van der Waals surface area contributed by atoms with E-state index in [2.05, 4.69) is 5.32 Å². The van der Waals surface area contributed by atoms with Crippen molar-refractivity contribution in [1.29, 1.82) is 0 Å². The van der Waals surface area contributed by atoms with Crippen LogP contribution in [0.1, 0.15) is 55.8 Å². The summed E-state index contributed by atoms with van der Waals surface area (Å²) in [5.74, 6) is -1.93. The SMILES string of the molecule is CCOC(=O)c1c(NC(=O)CN2C(=O)C3CCC(C)(C2=O)C3(C)C)sc(C)c1-c1ccccc1. The number of fused-ring (bicyclic) bond motifs is 2. The Morgan fingerprint density at radius 1 is 1.18 bits per heavy atom. The Labute approximate surface area is 203 Å². The molecule has 7 nitrogen and oxygen atoms in total. The second kappa shape index (κ2) is 8.65. The molecule has 3 amide bonds. The molecule has 1 aromatic carbocycles. The van der Waals surface area contributed by atoms with E-state index in [1.54, 1.807) is 6.92 Å². The van der Waals surface area contributed by atoms with Crippen LogP contribution in [0, 0.1) is 23.7 Å². The van der Waals surface area contributed by atoms with Crippen LogP contribution in [0.3, 0.4) is 0 Å². The second-order valence-electron chi connectivity index (χ2n) is 9.75. The quantitative estimate of drug-likeness (QED) is 0.478. The molecule has 1 aliphatic carbocycles. The topological polar surface area (TPSA) is 92.8 Å². The smallest absolute Gasteiger partial charge is 0.341 e. The Balaban J connectivity index is 1.62. The van der Waals surface area contributed by atoms with Crippen LogP contribution >= 0.6 is 11.3 Å². The van der Waals surface area contributed by atoms with E-state index in [1.165, 1.54) is 11.3 Å². The van der Waals surface area contributed by atoms with Gasteiger partial charge in [0, 0.05) is 16.4 Å². The Hall–Kier alpha value is -3.00. The highest BCUT2D eigenvalue weighted by molar-refractivity contribution is 7.17. The summed E-state index contributed by atoms with van der Waals surface area (Å²) in [6.45, 7) is 9.24. The fourth-order valence-corrected chi connectivity index (χ4v) is 6.42. The summed E-state index contributed by atoms with van der Waals surface area (Å²) in [5.41, 5.74) is 0.709. The number of piperidine rings is 1. The van der Waals surface area contributed by atoms with Crippen LogP contribution in [0.4, 0.5) is 5.00 Å². The average molecular weight is 483 g/mol. The van der Waals surface area contributed by atoms with Gasteiger partial charge in [-0.1, -0.05) is 51.1 Å². The monoisotopic (exact) mass is 482 g/mol. The molecule has 2 unspecified atom stereocenters. The Morgan fingerprint density at radius 3 is 2.50 bits per heavy atom. The zero-order chi connectivity index (χ0) is 24.8. The summed E-state index contributed by atoms with van der Waals surface area (Å²) in [5, 5.41) is 3.14. The van der Waals surface area contributed by atoms with Crippen molar-refractivity contribution in [1.82, 2.24) is 4.90 Å². The number of rotatable bonds is 6. The van der Waals surface area contributed by atoms with Gasteiger partial charge in [-0.3, -0.25) is 19.3 Å². The van der Waals surface area contributed by atoms with Crippen molar-refractivity contribution in [3.05, 3.63) is 40.8 Å². The van der Waals surface area contributed by atoms with E-state index in [1.807, 2.05) is 58.0 Å². The third-order valence-electron chi connectivity index (χ3n) is 7.69. The molecule has 0 radical (unpaired) electrons. The van der Waals surface area contributed by atoms with E-state index in [4.69, 9.17) is 4.74 Å². The predicted octanol–water partition coefficient (Wildman–Crippen LogP) is 4.65. The molecule has 1 saturated carbocycles. The minimum Gasteiger partial charge on any atom is -0.462 e. The van der Waals surface area contributed by atoms with Crippen LogP contribution in [0.15, 0.2) is 30.3 Å². The van der Waals surface area contributed by atoms with Crippen molar-refractivity contribution in [2.45, 2.75) is 47.5 Å². The highest BCUT2D eigenvalue weighted by atomic mass is 32.1. The van der Waals surface area contributed by atoms with E-state index in [0.717, 1.165) is 15.3 Å². The fraction of sp³-hybridized carbons (Fsp3) is 0.462. The van der Waals surface area contributed by atoms with Crippen molar-refractivity contribution in [3.63, 3.8) is 0 Å². The number of aryl methyl sites for hydroxylation is 1. The summed E-state index contributed by atoms with van der Waals surface area (Å²) in [6, 6.07) is 9.44. The van der Waals surface area contributed by atoms with Gasteiger partial charge < -0.3 is 10.1 Å². The molecule has 4 rings (SSSR count). The number of likely N-dealkylation sites (tertiary alicyclic amines) is 1. The number of esters is 1. The number of carbonyl (C=O) groups excluding carboxylic acids is 4.